The summed E-state index contributed by atoms with van der Waals surface area (Å²) >= 11 is 0. The number of hydrogen-bond acceptors (Lipinski definition) is 2. The van der Waals surface area contributed by atoms with E-state index in [1.54, 1.807) is 19.2 Å². The molecule has 3 nitrogen and oxygen atoms in total. The lowest BCUT2D eigenvalue weighted by molar-refractivity contribution is -0.123. The molecule has 0 heterocycles. The van der Waals surface area contributed by atoms with Crippen molar-refractivity contribution in [3.8, 4) is 0 Å². The van der Waals surface area contributed by atoms with Crippen molar-refractivity contribution >= 4 is 11.6 Å². The molecule has 1 amide bonds. The predicted octanol–water partition coefficient (Wildman–Crippen LogP) is 2.02. The molecular formula is C13H19FN2O. The first-order chi connectivity index (χ1) is 7.97. The van der Waals surface area contributed by atoms with Gasteiger partial charge in [0.05, 0.1) is 5.92 Å². The zero-order valence-electron chi connectivity index (χ0n) is 10.5. The number of rotatable bonds is 4. The summed E-state index contributed by atoms with van der Waals surface area (Å²) in [6, 6.07) is 5.85. The van der Waals surface area contributed by atoms with E-state index < -0.39 is 0 Å². The first kappa shape index (κ1) is 13.6. The van der Waals surface area contributed by atoms with E-state index in [0.29, 0.717) is 12.2 Å². The van der Waals surface area contributed by atoms with Crippen LogP contribution in [0.3, 0.4) is 0 Å². The molecule has 1 aromatic carbocycles. The van der Waals surface area contributed by atoms with Gasteiger partial charge in [0.2, 0.25) is 5.91 Å². The van der Waals surface area contributed by atoms with Crippen LogP contribution in [0.5, 0.6) is 0 Å². The molecule has 0 aliphatic carbocycles. The van der Waals surface area contributed by atoms with E-state index in [1.807, 2.05) is 13.8 Å². The van der Waals surface area contributed by atoms with Crippen LogP contribution in [0.15, 0.2) is 24.3 Å². The van der Waals surface area contributed by atoms with Crippen LogP contribution < -0.4 is 10.6 Å². The maximum absolute atomic E-state index is 12.8. The Labute approximate surface area is 101 Å². The molecule has 1 rings (SSSR count). The molecule has 1 unspecified atom stereocenters. The van der Waals surface area contributed by atoms with Crippen molar-refractivity contribution in [2.45, 2.75) is 13.8 Å². The molecule has 0 radical (unpaired) electrons. The topological polar surface area (TPSA) is 46.3 Å². The van der Waals surface area contributed by atoms with Crippen molar-refractivity contribution in [3.05, 3.63) is 30.1 Å². The van der Waals surface area contributed by atoms with Crippen LogP contribution in [0.1, 0.15) is 13.8 Å². The van der Waals surface area contributed by atoms with Gasteiger partial charge in [0, 0.05) is 19.3 Å². The minimum absolute atomic E-state index is 0.0332. The molecule has 0 aliphatic rings. The van der Waals surface area contributed by atoms with Gasteiger partial charge in [-0.25, -0.2) is 4.39 Å². The Morgan fingerprint density at radius 3 is 2.29 bits per heavy atom. The van der Waals surface area contributed by atoms with Gasteiger partial charge in [-0.2, -0.15) is 0 Å². The van der Waals surface area contributed by atoms with Crippen LogP contribution in [-0.4, -0.2) is 19.5 Å². The second-order valence-corrected chi connectivity index (χ2v) is 4.46. The molecule has 94 valence electrons. The van der Waals surface area contributed by atoms with Crippen molar-refractivity contribution in [2.75, 3.05) is 18.5 Å². The van der Waals surface area contributed by atoms with Crippen molar-refractivity contribution < 1.29 is 9.18 Å². The van der Waals surface area contributed by atoms with E-state index in [2.05, 4.69) is 0 Å². The number of carbonyl (C=O) groups excluding carboxylic acids is 1. The molecule has 0 saturated carbocycles. The van der Waals surface area contributed by atoms with Crippen LogP contribution >= 0.6 is 0 Å². The third-order valence-electron chi connectivity index (χ3n) is 2.92. The number of anilines is 1. The number of hydrogen-bond donors (Lipinski definition) is 1. The number of nitrogens with zero attached hydrogens (tertiary/aromatic N) is 1. The Morgan fingerprint density at radius 2 is 1.88 bits per heavy atom. The number of nitrogens with two attached hydrogens (primary N) is 1. The SMILES string of the molecule is CC(C)C(CN)C(=O)N(C)c1ccc(F)cc1. The van der Waals surface area contributed by atoms with E-state index in [9.17, 15) is 9.18 Å². The van der Waals surface area contributed by atoms with Gasteiger partial charge in [-0.05, 0) is 30.2 Å². The van der Waals surface area contributed by atoms with Gasteiger partial charge in [-0.3, -0.25) is 4.79 Å². The molecule has 0 fully saturated rings. The van der Waals surface area contributed by atoms with Gasteiger partial charge in [-0.1, -0.05) is 13.8 Å². The first-order valence-electron chi connectivity index (χ1n) is 5.70. The lowest BCUT2D eigenvalue weighted by Crippen LogP contribution is -2.39. The Hall–Kier alpha value is -1.42. The van der Waals surface area contributed by atoms with Crippen LogP contribution in [-0.2, 0) is 4.79 Å². The smallest absolute Gasteiger partial charge is 0.231 e. The molecule has 0 spiro atoms. The second-order valence-electron chi connectivity index (χ2n) is 4.46. The summed E-state index contributed by atoms with van der Waals surface area (Å²) < 4.78 is 12.8. The normalized spacial score (nSPS) is 12.6. The predicted molar refractivity (Wildman–Crippen MR) is 67.2 cm³/mol. The minimum Gasteiger partial charge on any atom is -0.330 e. The molecule has 17 heavy (non-hydrogen) atoms. The van der Waals surface area contributed by atoms with Crippen molar-refractivity contribution in [1.82, 2.24) is 0 Å². The number of amides is 1. The summed E-state index contributed by atoms with van der Waals surface area (Å²) in [6.07, 6.45) is 0. The van der Waals surface area contributed by atoms with Crippen molar-refractivity contribution in [2.24, 2.45) is 17.6 Å². The average molecular weight is 238 g/mol. The van der Waals surface area contributed by atoms with Gasteiger partial charge >= 0.3 is 0 Å². The van der Waals surface area contributed by atoms with E-state index in [1.165, 1.54) is 17.0 Å². The molecule has 0 aromatic heterocycles. The highest BCUT2D eigenvalue weighted by Crippen LogP contribution is 2.19. The highest BCUT2D eigenvalue weighted by Gasteiger charge is 2.24. The van der Waals surface area contributed by atoms with Crippen LogP contribution in [0.25, 0.3) is 0 Å². The second kappa shape index (κ2) is 5.77. The highest BCUT2D eigenvalue weighted by molar-refractivity contribution is 5.94. The first-order valence-corrected chi connectivity index (χ1v) is 5.70. The zero-order valence-corrected chi connectivity index (χ0v) is 10.5. The molecule has 1 aromatic rings. The average Bonchev–Trinajstić information content (AvgIpc) is 2.29. The van der Waals surface area contributed by atoms with Crippen molar-refractivity contribution in [3.63, 3.8) is 0 Å². The maximum atomic E-state index is 12.8. The molecule has 0 bridgehead atoms. The highest BCUT2D eigenvalue weighted by atomic mass is 19.1. The van der Waals surface area contributed by atoms with E-state index in [0.717, 1.165) is 0 Å². The van der Waals surface area contributed by atoms with Gasteiger partial charge in [0.15, 0.2) is 0 Å². The number of benzene rings is 1. The number of halogens is 1. The van der Waals surface area contributed by atoms with Crippen LogP contribution in [0, 0.1) is 17.7 Å². The lowest BCUT2D eigenvalue weighted by atomic mass is 9.94. The van der Waals surface area contributed by atoms with Gasteiger partial charge in [0.1, 0.15) is 5.82 Å². The van der Waals surface area contributed by atoms with Gasteiger partial charge in [-0.15, -0.1) is 0 Å². The Balaban J connectivity index is 2.85. The molecular weight excluding hydrogens is 219 g/mol. The molecule has 2 N–H and O–H groups in total. The fourth-order valence-electron chi connectivity index (χ4n) is 1.70. The standard InChI is InChI=1S/C13H19FN2O/c1-9(2)12(8-15)13(17)16(3)11-6-4-10(14)5-7-11/h4-7,9,12H,8,15H2,1-3H3. The lowest BCUT2D eigenvalue weighted by Gasteiger charge is -2.25. The monoisotopic (exact) mass is 238 g/mol. The summed E-state index contributed by atoms with van der Waals surface area (Å²) in [5.74, 6) is -0.358. The summed E-state index contributed by atoms with van der Waals surface area (Å²) in [7, 11) is 1.68. The quantitative estimate of drug-likeness (QED) is 0.872. The minimum atomic E-state index is -0.311. The fraction of sp³-hybridized carbons (Fsp3) is 0.462. The summed E-state index contributed by atoms with van der Waals surface area (Å²) in [5.41, 5.74) is 6.28. The molecule has 0 saturated heterocycles. The van der Waals surface area contributed by atoms with Crippen LogP contribution in [0.4, 0.5) is 10.1 Å². The van der Waals surface area contributed by atoms with E-state index >= 15 is 0 Å². The summed E-state index contributed by atoms with van der Waals surface area (Å²) in [4.78, 5) is 13.7. The zero-order chi connectivity index (χ0) is 13.0. The Kier molecular flexibility index (Phi) is 4.63. The third-order valence-corrected chi connectivity index (χ3v) is 2.92. The van der Waals surface area contributed by atoms with Gasteiger partial charge < -0.3 is 10.6 Å². The maximum Gasteiger partial charge on any atom is 0.231 e. The summed E-state index contributed by atoms with van der Waals surface area (Å²) in [6.45, 7) is 4.25. The van der Waals surface area contributed by atoms with Crippen molar-refractivity contribution in [1.29, 1.82) is 0 Å². The van der Waals surface area contributed by atoms with E-state index in [4.69, 9.17) is 5.73 Å². The summed E-state index contributed by atoms with van der Waals surface area (Å²) in [5, 5.41) is 0. The number of carbonyl (C=O) groups is 1. The Bertz CT molecular complexity index is 376. The largest absolute Gasteiger partial charge is 0.330 e. The molecule has 1 atom stereocenters. The third kappa shape index (κ3) is 3.27. The van der Waals surface area contributed by atoms with Gasteiger partial charge in [0.25, 0.3) is 0 Å². The fourth-order valence-corrected chi connectivity index (χ4v) is 1.70. The van der Waals surface area contributed by atoms with E-state index in [-0.39, 0.29) is 23.6 Å². The molecule has 4 heteroatoms. The molecule has 0 aliphatic heterocycles. The Morgan fingerprint density at radius 1 is 1.35 bits per heavy atom. The van der Waals surface area contributed by atoms with Crippen LogP contribution in [0.2, 0.25) is 0 Å².